The van der Waals surface area contributed by atoms with Crippen molar-refractivity contribution < 1.29 is 37.4 Å². The van der Waals surface area contributed by atoms with Crippen molar-refractivity contribution in [1.82, 2.24) is 45.4 Å². The normalized spacial score (nSPS) is 17.2. The van der Waals surface area contributed by atoms with Crippen LogP contribution in [0.25, 0.3) is 0 Å². The highest BCUT2D eigenvalue weighted by atomic mass is 32.1. The van der Waals surface area contributed by atoms with E-state index in [1.54, 1.807) is 41.9 Å². The Bertz CT molecular complexity index is 2460. The number of ketones is 1. The molecule has 5 heterocycles. The number of aromatic amines is 1. The second-order valence-corrected chi connectivity index (χ2v) is 20.3. The molecule has 0 radical (unpaired) electrons. The van der Waals surface area contributed by atoms with Crippen molar-refractivity contribution in [2.24, 2.45) is 11.3 Å². The molecule has 2 unspecified atom stereocenters. The molecule has 1 saturated carbocycles. The highest BCUT2D eigenvalue weighted by Gasteiger charge is 2.51. The Hall–Kier alpha value is -5.89. The second-order valence-electron chi connectivity index (χ2n) is 19.6. The van der Waals surface area contributed by atoms with E-state index < -0.39 is 17.8 Å². The lowest BCUT2D eigenvalue weighted by Crippen LogP contribution is -2.51. The molecule has 2 aromatic carbocycles. The summed E-state index contributed by atoms with van der Waals surface area (Å²) in [7, 11) is 3.63. The van der Waals surface area contributed by atoms with Crippen LogP contribution in [0.1, 0.15) is 135 Å². The minimum absolute atomic E-state index is 0.0177. The van der Waals surface area contributed by atoms with Gasteiger partial charge in [0.25, 0.3) is 5.92 Å². The van der Waals surface area contributed by atoms with Crippen molar-refractivity contribution in [1.29, 1.82) is 0 Å². The number of halogens is 2. The predicted octanol–water partition coefficient (Wildman–Crippen LogP) is 8.91. The lowest BCUT2D eigenvalue weighted by molar-refractivity contribution is -0.132. The van der Waals surface area contributed by atoms with E-state index >= 15 is 0 Å². The summed E-state index contributed by atoms with van der Waals surface area (Å²) in [4.78, 5) is 54.3. The summed E-state index contributed by atoms with van der Waals surface area (Å²) in [6.45, 7) is 15.1. The van der Waals surface area contributed by atoms with Gasteiger partial charge in [-0.2, -0.15) is 10.2 Å². The molecule has 2 amide bonds. The average molecular weight is 1060 g/mol. The SMILES string of the molecule is C1CCCCC1.CC.CC1(C)Cc2[nH]nc(C=O)c2CC1(F)F.CNC(C)C(=O)NCC(=O)N1CCCC1.CNc1cnn(C(c2ccccc2)C2CN(CCOCCOc3cccc(C(=O)c4cscn4)c3)C2)c1. The zero-order chi connectivity index (χ0) is 54.2. The summed E-state index contributed by atoms with van der Waals surface area (Å²) in [6, 6.07) is 17.8. The summed E-state index contributed by atoms with van der Waals surface area (Å²) in [5.74, 6) is -1.85. The maximum atomic E-state index is 13.7. The van der Waals surface area contributed by atoms with Crippen LogP contribution < -0.4 is 20.7 Å². The van der Waals surface area contributed by atoms with Crippen LogP contribution in [0.2, 0.25) is 0 Å². The number of ether oxygens (including phenoxy) is 2. The van der Waals surface area contributed by atoms with Gasteiger partial charge in [0.15, 0.2) is 6.29 Å². The number of aldehydes is 1. The van der Waals surface area contributed by atoms with Crippen LogP contribution in [0, 0.1) is 11.3 Å². The first kappa shape index (κ1) is 60.0. The molecule has 2 atom stereocenters. The number of carbonyl (C=O) groups is 4. The topological polar surface area (TPSA) is 189 Å². The molecule has 5 aromatic rings. The number of likely N-dealkylation sites (N-methyl/N-ethyl adjacent to an activating group) is 1. The third-order valence-corrected chi connectivity index (χ3v) is 14.4. The molecule has 0 bridgehead atoms. The molecular formula is C56H80F2N10O6S. The lowest BCUT2D eigenvalue weighted by atomic mass is 9.73. The quantitative estimate of drug-likeness (QED) is 0.0371. The van der Waals surface area contributed by atoms with Crippen LogP contribution in [0.5, 0.6) is 5.75 Å². The third-order valence-electron chi connectivity index (χ3n) is 13.9. The number of carbonyl (C=O) groups excluding carboxylic acids is 4. The summed E-state index contributed by atoms with van der Waals surface area (Å²) in [5, 5.41) is 21.4. The van der Waals surface area contributed by atoms with Gasteiger partial charge in [-0.1, -0.05) is 109 Å². The van der Waals surface area contributed by atoms with Gasteiger partial charge in [-0.25, -0.2) is 13.8 Å². The van der Waals surface area contributed by atoms with Crippen molar-refractivity contribution in [3.8, 4) is 5.75 Å². The molecule has 75 heavy (non-hydrogen) atoms. The number of amides is 2. The van der Waals surface area contributed by atoms with Crippen LogP contribution in [-0.4, -0.2) is 144 Å². The molecule has 4 N–H and O–H groups in total. The fraction of sp³-hybridized carbons (Fsp3) is 0.554. The number of nitrogens with zero attached hydrogens (tertiary/aromatic N) is 6. The number of H-pyrrole nitrogens is 1. The Kier molecular flexibility index (Phi) is 24.5. The van der Waals surface area contributed by atoms with Gasteiger partial charge >= 0.3 is 0 Å². The molecule has 9 rings (SSSR count). The first-order valence-corrected chi connectivity index (χ1v) is 27.5. The number of anilines is 1. The monoisotopic (exact) mass is 1060 g/mol. The summed E-state index contributed by atoms with van der Waals surface area (Å²) < 4.78 is 41.1. The maximum absolute atomic E-state index is 13.7. The van der Waals surface area contributed by atoms with E-state index in [1.807, 2.05) is 39.2 Å². The first-order chi connectivity index (χ1) is 36.2. The van der Waals surface area contributed by atoms with Crippen molar-refractivity contribution in [3.63, 3.8) is 0 Å². The van der Waals surface area contributed by atoms with E-state index in [2.05, 4.69) is 82.3 Å². The van der Waals surface area contributed by atoms with Crippen molar-refractivity contribution >= 4 is 40.9 Å². The molecular weight excluding hydrogens is 979 g/mol. The molecule has 3 aromatic heterocycles. The Morgan fingerprint density at radius 2 is 1.61 bits per heavy atom. The number of rotatable bonds is 18. The average Bonchev–Trinajstić information content (AvgIpc) is 4.29. The molecule has 3 fully saturated rings. The van der Waals surface area contributed by atoms with Crippen LogP contribution in [0.4, 0.5) is 14.5 Å². The summed E-state index contributed by atoms with van der Waals surface area (Å²) in [5.41, 5.74) is 5.04. The molecule has 2 aliphatic heterocycles. The fourth-order valence-corrected chi connectivity index (χ4v) is 9.63. The van der Waals surface area contributed by atoms with Gasteiger partial charge in [0.05, 0.1) is 49.2 Å². The van der Waals surface area contributed by atoms with Gasteiger partial charge in [-0.3, -0.25) is 29.0 Å². The molecule has 16 nitrogen and oxygen atoms in total. The fourth-order valence-electron chi connectivity index (χ4n) is 9.09. The molecule has 410 valence electrons. The molecule has 2 saturated heterocycles. The summed E-state index contributed by atoms with van der Waals surface area (Å²) in [6.07, 6.45) is 15.4. The van der Waals surface area contributed by atoms with Crippen LogP contribution in [0.15, 0.2) is 77.9 Å². The van der Waals surface area contributed by atoms with Crippen LogP contribution in [-0.2, 0) is 27.2 Å². The number of benzene rings is 2. The van der Waals surface area contributed by atoms with Gasteiger partial charge < -0.3 is 35.2 Å². The van der Waals surface area contributed by atoms with Gasteiger partial charge in [0.2, 0.25) is 17.6 Å². The Morgan fingerprint density at radius 1 is 0.920 bits per heavy atom. The van der Waals surface area contributed by atoms with Crippen molar-refractivity contribution in [2.45, 2.75) is 117 Å². The number of alkyl halides is 2. The van der Waals surface area contributed by atoms with Gasteiger partial charge in [-0.05, 0) is 44.5 Å². The largest absolute Gasteiger partial charge is 0.491 e. The Labute approximate surface area is 446 Å². The first-order valence-electron chi connectivity index (χ1n) is 26.6. The molecule has 4 aliphatic rings. The number of hydrogen-bond donors (Lipinski definition) is 4. The van der Waals surface area contributed by atoms with Crippen LogP contribution in [0.3, 0.4) is 0 Å². The standard InChI is InChI=1S/C28H31N5O3S.C10H12F2N2O.C10H19N3O2.C6H12.C2H6/c1-29-24-15-31-33(18-24)27(21-6-3-2-4-7-21)23-16-32(17-23)10-11-35-12-13-36-25-9-5-8-22(14-25)28(34)26-19-37-20-30-26;1-9(2)4-7-6(3-10(9,11)12)8(5-15)14-13-7;1-8(11-2)10(15)12-7-9(14)13-5-3-4-6-13;1-2-4-6-5-3-1;1-2/h2-9,14-15,18-20,23,27,29H,10-13,16-17H2,1H3;5H,3-4H2,1-2H3,(H,13,14);8,11H,3-7H2,1-2H3,(H,12,15);1-6H2;1-2H3. The second kappa shape index (κ2) is 30.6. The number of fused-ring (bicyclic) bond motifs is 1. The van der Waals surface area contributed by atoms with Crippen molar-refractivity contribution in [3.05, 3.63) is 112 Å². The third kappa shape index (κ3) is 17.9. The lowest BCUT2D eigenvalue weighted by Gasteiger charge is -2.43. The van der Waals surface area contributed by atoms with E-state index in [-0.39, 0.29) is 48.3 Å². The zero-order valence-corrected chi connectivity index (χ0v) is 45.9. The number of hydrogen-bond acceptors (Lipinski definition) is 13. The maximum Gasteiger partial charge on any atom is 0.257 e. The number of nitrogens with one attached hydrogen (secondary N) is 4. The van der Waals surface area contributed by atoms with Gasteiger partial charge in [-0.15, -0.1) is 11.3 Å². The van der Waals surface area contributed by atoms with E-state index in [1.165, 1.54) is 69.3 Å². The van der Waals surface area contributed by atoms with Gasteiger partial charge in [0.1, 0.15) is 23.7 Å². The highest BCUT2D eigenvalue weighted by Crippen LogP contribution is 2.46. The number of aromatic nitrogens is 5. The van der Waals surface area contributed by atoms with E-state index in [0.29, 0.717) is 60.3 Å². The van der Waals surface area contributed by atoms with Gasteiger partial charge in [0, 0.05) is 92.3 Å². The van der Waals surface area contributed by atoms with E-state index in [9.17, 15) is 28.0 Å². The molecule has 2 aliphatic carbocycles. The van der Waals surface area contributed by atoms with E-state index in [4.69, 9.17) is 9.47 Å². The number of likely N-dealkylation sites (tertiary alicyclic amines) is 2. The minimum atomic E-state index is -2.79. The smallest absolute Gasteiger partial charge is 0.257 e. The van der Waals surface area contributed by atoms with E-state index in [0.717, 1.165) is 51.3 Å². The molecule has 0 spiro atoms. The minimum Gasteiger partial charge on any atom is -0.491 e. The Balaban J connectivity index is 0.000000223. The summed E-state index contributed by atoms with van der Waals surface area (Å²) >= 11 is 1.41. The predicted molar refractivity (Wildman–Crippen MR) is 291 cm³/mol. The van der Waals surface area contributed by atoms with Crippen LogP contribution >= 0.6 is 11.3 Å². The van der Waals surface area contributed by atoms with Crippen molar-refractivity contribution in [2.75, 3.05) is 78.5 Å². The Morgan fingerprint density at radius 3 is 2.23 bits per heavy atom. The highest BCUT2D eigenvalue weighted by molar-refractivity contribution is 7.07. The molecule has 19 heteroatoms. The zero-order valence-electron chi connectivity index (χ0n) is 45.0. The number of thiazole rings is 1.